The molecule has 244 valence electrons. The van der Waals surface area contributed by atoms with Gasteiger partial charge in [-0.05, 0) is 92.4 Å². The van der Waals surface area contributed by atoms with Gasteiger partial charge in [0.15, 0.2) is 12.4 Å². The fourth-order valence-corrected chi connectivity index (χ4v) is 6.81. The van der Waals surface area contributed by atoms with E-state index in [4.69, 9.17) is 0 Å². The minimum Gasteiger partial charge on any atom is -0.507 e. The predicted octanol–water partition coefficient (Wildman–Crippen LogP) is 7.43. The second-order valence-electron chi connectivity index (χ2n) is 12.9. The van der Waals surface area contributed by atoms with E-state index in [1.54, 1.807) is 12.1 Å². The maximum absolute atomic E-state index is 11.7. The van der Waals surface area contributed by atoms with Crippen LogP contribution in [0.3, 0.4) is 0 Å². The molecule has 1 aliphatic carbocycles. The number of nitrogens with zero attached hydrogens (tertiary/aromatic N) is 1. The SMILES string of the molecule is Cc1cc2c(O)c(c1)Cc1cc(CO)cc(c1O)Cc1cccc(c1O)Cc1cc(/C=C/c3cc[n+](-c4ccccc4)cc3)cc(c1O)C2. The van der Waals surface area contributed by atoms with Crippen LogP contribution in [0, 0.1) is 6.92 Å². The largest absolute Gasteiger partial charge is 0.507 e. The Morgan fingerprint density at radius 3 is 1.49 bits per heavy atom. The van der Waals surface area contributed by atoms with Crippen LogP contribution < -0.4 is 4.57 Å². The van der Waals surface area contributed by atoms with Crippen molar-refractivity contribution in [2.45, 2.75) is 39.2 Å². The van der Waals surface area contributed by atoms with Gasteiger partial charge in [0, 0.05) is 49.9 Å². The van der Waals surface area contributed by atoms with Gasteiger partial charge in [-0.1, -0.05) is 66.2 Å². The van der Waals surface area contributed by atoms with E-state index in [-0.39, 0.29) is 55.3 Å². The molecule has 6 nitrogen and oxygen atoms in total. The molecule has 0 saturated carbocycles. The summed E-state index contributed by atoms with van der Waals surface area (Å²) in [4.78, 5) is 0. The van der Waals surface area contributed by atoms with Crippen LogP contribution in [-0.4, -0.2) is 25.5 Å². The molecule has 0 fully saturated rings. The van der Waals surface area contributed by atoms with E-state index in [9.17, 15) is 25.5 Å². The number of aryl methyl sites for hydroxylation is 1. The molecule has 5 N–H and O–H groups in total. The number of hydrogen-bond donors (Lipinski definition) is 5. The van der Waals surface area contributed by atoms with Crippen molar-refractivity contribution in [3.05, 3.63) is 176 Å². The van der Waals surface area contributed by atoms with E-state index < -0.39 is 0 Å². The van der Waals surface area contributed by atoms with Crippen molar-refractivity contribution in [3.63, 3.8) is 0 Å². The summed E-state index contributed by atoms with van der Waals surface area (Å²) >= 11 is 0. The Hall–Kier alpha value is -5.85. The minimum atomic E-state index is -0.208. The summed E-state index contributed by atoms with van der Waals surface area (Å²) in [5.74, 6) is 0.398. The zero-order valence-electron chi connectivity index (χ0n) is 27.3. The number of phenolic OH excluding ortho intramolecular Hbond substituents is 4. The lowest BCUT2D eigenvalue weighted by atomic mass is 9.89. The smallest absolute Gasteiger partial charge is 0.210 e. The Balaban J connectivity index is 1.33. The minimum absolute atomic E-state index is 0.0733. The van der Waals surface area contributed by atoms with Crippen molar-refractivity contribution < 1.29 is 30.1 Å². The second-order valence-corrected chi connectivity index (χ2v) is 12.9. The molecule has 0 radical (unpaired) electrons. The third kappa shape index (κ3) is 6.64. The zero-order chi connectivity index (χ0) is 34.1. The maximum Gasteiger partial charge on any atom is 0.210 e. The molecule has 6 aromatic rings. The molecule has 8 bridgehead atoms. The number of benzene rings is 5. The lowest BCUT2D eigenvalue weighted by Gasteiger charge is -2.18. The molecule has 49 heavy (non-hydrogen) atoms. The highest BCUT2D eigenvalue weighted by atomic mass is 16.3. The van der Waals surface area contributed by atoms with Crippen LogP contribution in [0.2, 0.25) is 0 Å². The average Bonchev–Trinajstić information content (AvgIpc) is 3.11. The normalized spacial score (nSPS) is 12.7. The van der Waals surface area contributed by atoms with Gasteiger partial charge in [0.25, 0.3) is 0 Å². The Kier molecular flexibility index (Phi) is 8.64. The van der Waals surface area contributed by atoms with Crippen molar-refractivity contribution >= 4 is 12.2 Å². The average molecular weight is 649 g/mol. The highest BCUT2D eigenvalue weighted by Gasteiger charge is 2.20. The number of aliphatic hydroxyl groups is 1. The second kappa shape index (κ2) is 13.3. The number of aromatic nitrogens is 1. The summed E-state index contributed by atoms with van der Waals surface area (Å²) in [5.41, 5.74) is 9.53. The number of phenols is 4. The standard InChI is InChI=1S/C43H37NO5/c1-27-16-33-24-36-19-29(11-10-28-12-14-44(15-13-28)39-8-3-2-4-9-39)18-35(42(36)48)22-31-6-5-7-32(40(31)46)23-37-20-30(26-45)21-38(43(37)49)25-34(17-27)41(33)47/h2-21,45-47,49H,22-26H2,1H3/p+1. The molecular weight excluding hydrogens is 610 g/mol. The van der Waals surface area contributed by atoms with Crippen LogP contribution in [0.4, 0.5) is 0 Å². The Bertz CT molecular complexity index is 2200. The lowest BCUT2D eigenvalue weighted by molar-refractivity contribution is -0.595. The third-order valence-corrected chi connectivity index (χ3v) is 9.32. The van der Waals surface area contributed by atoms with Gasteiger partial charge in [0.05, 0.1) is 6.61 Å². The van der Waals surface area contributed by atoms with Crippen LogP contribution in [0.15, 0.2) is 109 Å². The van der Waals surface area contributed by atoms with E-state index in [0.29, 0.717) is 50.1 Å². The summed E-state index contributed by atoms with van der Waals surface area (Å²) in [6.07, 6.45) is 9.09. The van der Waals surface area contributed by atoms with Crippen molar-refractivity contribution in [1.82, 2.24) is 0 Å². The molecule has 6 heteroatoms. The highest BCUT2D eigenvalue weighted by Crippen LogP contribution is 2.38. The summed E-state index contributed by atoms with van der Waals surface area (Å²) in [5, 5.41) is 56.1. The summed E-state index contributed by atoms with van der Waals surface area (Å²) in [6, 6.07) is 30.9. The molecule has 0 amide bonds. The van der Waals surface area contributed by atoms with Crippen molar-refractivity contribution in [2.24, 2.45) is 0 Å². The van der Waals surface area contributed by atoms with Crippen LogP contribution >= 0.6 is 0 Å². The van der Waals surface area contributed by atoms with Gasteiger partial charge < -0.3 is 25.5 Å². The number of para-hydroxylation sites is 2. The van der Waals surface area contributed by atoms with Gasteiger partial charge in [-0.3, -0.25) is 0 Å². The summed E-state index contributed by atoms with van der Waals surface area (Å²) in [7, 11) is 0. The molecule has 1 aliphatic rings. The van der Waals surface area contributed by atoms with Crippen LogP contribution in [0.25, 0.3) is 17.8 Å². The Labute approximate surface area is 285 Å². The van der Waals surface area contributed by atoms with E-state index >= 15 is 0 Å². The van der Waals surface area contributed by atoms with E-state index in [1.165, 1.54) is 0 Å². The first-order chi connectivity index (χ1) is 23.7. The van der Waals surface area contributed by atoms with E-state index in [1.807, 2.05) is 104 Å². The summed E-state index contributed by atoms with van der Waals surface area (Å²) in [6.45, 7) is 1.75. The molecule has 1 aromatic heterocycles. The Morgan fingerprint density at radius 2 is 0.959 bits per heavy atom. The molecule has 0 aliphatic heterocycles. The van der Waals surface area contributed by atoms with Gasteiger partial charge in [-0.25, -0.2) is 0 Å². The van der Waals surface area contributed by atoms with Crippen molar-refractivity contribution in [1.29, 1.82) is 0 Å². The lowest BCUT2D eigenvalue weighted by Crippen LogP contribution is -2.28. The van der Waals surface area contributed by atoms with Crippen molar-refractivity contribution in [2.75, 3.05) is 0 Å². The first-order valence-electron chi connectivity index (χ1n) is 16.4. The first-order valence-corrected chi connectivity index (χ1v) is 16.4. The number of aromatic hydroxyl groups is 4. The van der Waals surface area contributed by atoms with Gasteiger partial charge >= 0.3 is 0 Å². The van der Waals surface area contributed by atoms with E-state index in [0.717, 1.165) is 22.4 Å². The number of pyridine rings is 1. The molecule has 1 heterocycles. The topological polar surface area (TPSA) is 105 Å². The fraction of sp³-hybridized carbons (Fsp3) is 0.140. The first kappa shape index (κ1) is 31.7. The predicted molar refractivity (Wildman–Crippen MR) is 191 cm³/mol. The summed E-state index contributed by atoms with van der Waals surface area (Å²) < 4.78 is 2.06. The fourth-order valence-electron chi connectivity index (χ4n) is 6.81. The zero-order valence-corrected chi connectivity index (χ0v) is 27.3. The molecule has 0 atom stereocenters. The van der Waals surface area contributed by atoms with Gasteiger partial charge in [0.1, 0.15) is 23.0 Å². The Morgan fingerprint density at radius 1 is 0.510 bits per heavy atom. The number of rotatable bonds is 4. The number of aliphatic hydroxyl groups excluding tert-OH is 1. The van der Waals surface area contributed by atoms with Crippen LogP contribution in [0.1, 0.15) is 66.8 Å². The van der Waals surface area contributed by atoms with Crippen molar-refractivity contribution in [3.8, 4) is 28.7 Å². The molecule has 0 spiro atoms. The maximum atomic E-state index is 11.7. The highest BCUT2D eigenvalue weighted by molar-refractivity contribution is 5.71. The van der Waals surface area contributed by atoms with Gasteiger partial charge in [-0.15, -0.1) is 0 Å². The number of fused-ring (bicyclic) bond motifs is 8. The molecular formula is C43H38NO5+. The van der Waals surface area contributed by atoms with Gasteiger partial charge in [0.2, 0.25) is 5.69 Å². The van der Waals surface area contributed by atoms with E-state index in [2.05, 4.69) is 16.7 Å². The molecule has 7 rings (SSSR count). The molecule has 0 unspecified atom stereocenters. The monoisotopic (exact) mass is 648 g/mol. The van der Waals surface area contributed by atoms with Gasteiger partial charge in [-0.2, -0.15) is 4.57 Å². The number of hydrogen-bond acceptors (Lipinski definition) is 5. The quantitative estimate of drug-likeness (QED) is 0.128. The van der Waals surface area contributed by atoms with Crippen LogP contribution in [-0.2, 0) is 32.3 Å². The molecule has 0 saturated heterocycles. The third-order valence-electron chi connectivity index (χ3n) is 9.32. The molecule has 5 aromatic carbocycles. The van der Waals surface area contributed by atoms with Crippen LogP contribution in [0.5, 0.6) is 23.0 Å².